The van der Waals surface area contributed by atoms with E-state index in [1.807, 2.05) is 0 Å². The Hall–Kier alpha value is -3.11. The van der Waals surface area contributed by atoms with Crippen molar-refractivity contribution in [2.45, 2.75) is 38.5 Å². The zero-order valence-corrected chi connectivity index (χ0v) is 19.0. The van der Waals surface area contributed by atoms with Crippen molar-refractivity contribution in [3.8, 4) is 17.2 Å². The summed E-state index contributed by atoms with van der Waals surface area (Å²) >= 11 is 0. The number of nitrogens with one attached hydrogen (secondary N) is 1. The first-order chi connectivity index (χ1) is 15.1. The van der Waals surface area contributed by atoms with E-state index in [0.29, 0.717) is 35.7 Å². The molecule has 2 aromatic rings. The van der Waals surface area contributed by atoms with Crippen LogP contribution in [0.5, 0.6) is 17.2 Å². The van der Waals surface area contributed by atoms with Gasteiger partial charge in [0.25, 0.3) is 0 Å². The number of sulfonamides is 1. The van der Waals surface area contributed by atoms with Gasteiger partial charge in [-0.3, -0.25) is 4.79 Å². The topological polar surface area (TPSA) is 122 Å². The number of esters is 1. The van der Waals surface area contributed by atoms with E-state index in [4.69, 9.17) is 4.74 Å². The van der Waals surface area contributed by atoms with Crippen LogP contribution >= 0.6 is 0 Å². The summed E-state index contributed by atoms with van der Waals surface area (Å²) in [6.45, 7) is 6.05. The molecular weight excluding hydrogens is 436 g/mol. The number of carbonyl (C=O) groups excluding carboxylic acids is 2. The van der Waals surface area contributed by atoms with Crippen LogP contribution in [0.3, 0.4) is 0 Å². The predicted octanol–water partition coefficient (Wildman–Crippen LogP) is 3.09. The van der Waals surface area contributed by atoms with Gasteiger partial charge in [0.1, 0.15) is 22.1 Å². The first kappa shape index (κ1) is 23.6. The van der Waals surface area contributed by atoms with Gasteiger partial charge in [-0.1, -0.05) is 0 Å². The molecule has 1 amide bonds. The summed E-state index contributed by atoms with van der Waals surface area (Å²) in [5.41, 5.74) is 1.70. The second-order valence-corrected chi connectivity index (χ2v) is 9.36. The van der Waals surface area contributed by atoms with Crippen LogP contribution in [0.15, 0.2) is 35.2 Å². The van der Waals surface area contributed by atoms with E-state index in [2.05, 4.69) is 10.1 Å². The largest absolute Gasteiger partial charge is 0.507 e. The van der Waals surface area contributed by atoms with Crippen LogP contribution in [-0.4, -0.2) is 49.4 Å². The molecule has 2 aromatic carbocycles. The summed E-state index contributed by atoms with van der Waals surface area (Å²) < 4.78 is 37.7. The Kier molecular flexibility index (Phi) is 7.05. The van der Waals surface area contributed by atoms with Gasteiger partial charge in [0.15, 0.2) is 0 Å². The summed E-state index contributed by atoms with van der Waals surface area (Å²) in [7, 11) is -3.83. The highest BCUT2D eigenvalue weighted by atomic mass is 32.2. The van der Waals surface area contributed by atoms with Crippen LogP contribution in [-0.2, 0) is 24.3 Å². The molecule has 0 aromatic heterocycles. The van der Waals surface area contributed by atoms with Crippen molar-refractivity contribution in [3.63, 3.8) is 0 Å². The van der Waals surface area contributed by atoms with Crippen molar-refractivity contribution in [3.05, 3.63) is 41.5 Å². The summed E-state index contributed by atoms with van der Waals surface area (Å²) in [6, 6.07) is 7.33. The molecule has 1 fully saturated rings. The van der Waals surface area contributed by atoms with Crippen molar-refractivity contribution in [2.24, 2.45) is 0 Å². The first-order valence-corrected chi connectivity index (χ1v) is 11.7. The van der Waals surface area contributed by atoms with Crippen LogP contribution in [0.4, 0.5) is 5.69 Å². The Morgan fingerprint density at radius 2 is 1.72 bits per heavy atom. The summed E-state index contributed by atoms with van der Waals surface area (Å²) in [5.74, 6) is -1.48. The zero-order valence-electron chi connectivity index (χ0n) is 18.2. The average Bonchev–Trinajstić information content (AvgIpc) is 3.28. The Balaban J connectivity index is 1.84. The molecule has 1 heterocycles. The zero-order chi connectivity index (χ0) is 23.5. The number of hydrogen-bond donors (Lipinski definition) is 2. The molecule has 0 bridgehead atoms. The molecule has 172 valence electrons. The molecule has 32 heavy (non-hydrogen) atoms. The van der Waals surface area contributed by atoms with Crippen LogP contribution in [0.25, 0.3) is 0 Å². The number of aromatic hydroxyl groups is 1. The Bertz CT molecular complexity index is 1120. The second kappa shape index (κ2) is 9.58. The Morgan fingerprint density at radius 1 is 1.09 bits per heavy atom. The van der Waals surface area contributed by atoms with Crippen molar-refractivity contribution in [2.75, 3.05) is 25.0 Å². The Morgan fingerprint density at radius 3 is 2.31 bits per heavy atom. The van der Waals surface area contributed by atoms with Gasteiger partial charge in [-0.15, -0.1) is 0 Å². The van der Waals surface area contributed by atoms with E-state index in [0.717, 1.165) is 12.8 Å². The molecule has 1 aliphatic heterocycles. The maximum atomic E-state index is 12.9. The lowest BCUT2D eigenvalue weighted by atomic mass is 10.1. The molecule has 10 heteroatoms. The number of carbonyl (C=O) groups is 2. The van der Waals surface area contributed by atoms with Crippen LogP contribution in [0.1, 0.15) is 30.9 Å². The van der Waals surface area contributed by atoms with Crippen molar-refractivity contribution >= 4 is 27.6 Å². The fourth-order valence-electron chi connectivity index (χ4n) is 3.51. The fourth-order valence-corrected chi connectivity index (χ4v) is 5.13. The van der Waals surface area contributed by atoms with E-state index in [9.17, 15) is 23.1 Å². The summed E-state index contributed by atoms with van der Waals surface area (Å²) in [5, 5.41) is 12.7. The number of hydrogen-bond acceptors (Lipinski definition) is 7. The molecular formula is C22H26N2O7S. The third kappa shape index (κ3) is 5.03. The lowest BCUT2D eigenvalue weighted by Crippen LogP contribution is -2.27. The third-order valence-electron chi connectivity index (χ3n) is 5.01. The van der Waals surface area contributed by atoms with E-state index in [1.54, 1.807) is 32.9 Å². The molecule has 9 nitrogen and oxygen atoms in total. The Labute approximate surface area is 187 Å². The van der Waals surface area contributed by atoms with Gasteiger partial charge >= 0.3 is 11.9 Å². The van der Waals surface area contributed by atoms with Crippen LogP contribution in [0, 0.1) is 13.8 Å². The molecule has 0 saturated carbocycles. The molecule has 1 aliphatic rings. The number of amides is 1. The lowest BCUT2D eigenvalue weighted by Gasteiger charge is -2.18. The number of ether oxygens (including phenoxy) is 2. The molecule has 1 saturated heterocycles. The van der Waals surface area contributed by atoms with Crippen LogP contribution in [0.2, 0.25) is 0 Å². The SMILES string of the molecule is CCOC(=O)C(=O)Nc1cc(C)c(Oc2ccc(O)c(S(=O)(=O)N3CCCC3)c2)c(C)c1. The van der Waals surface area contributed by atoms with E-state index >= 15 is 0 Å². The molecule has 0 spiro atoms. The smallest absolute Gasteiger partial charge is 0.397 e. The van der Waals surface area contributed by atoms with Gasteiger partial charge in [-0.25, -0.2) is 13.2 Å². The number of nitrogens with zero attached hydrogens (tertiary/aromatic N) is 1. The van der Waals surface area contributed by atoms with Gasteiger partial charge in [0, 0.05) is 24.8 Å². The van der Waals surface area contributed by atoms with E-state index in [1.165, 1.54) is 22.5 Å². The molecule has 2 N–H and O–H groups in total. The van der Waals surface area contributed by atoms with Gasteiger partial charge in [-0.05, 0) is 69.0 Å². The molecule has 0 aliphatic carbocycles. The predicted molar refractivity (Wildman–Crippen MR) is 117 cm³/mol. The molecule has 0 unspecified atom stereocenters. The first-order valence-electron chi connectivity index (χ1n) is 10.2. The van der Waals surface area contributed by atoms with E-state index < -0.39 is 21.9 Å². The summed E-state index contributed by atoms with van der Waals surface area (Å²) in [6.07, 6.45) is 1.57. The van der Waals surface area contributed by atoms with Crippen LogP contribution < -0.4 is 10.1 Å². The number of phenolic OH excluding ortho intramolecular Hbond substituents is 1. The van der Waals surface area contributed by atoms with Crippen molar-refractivity contribution in [1.29, 1.82) is 0 Å². The maximum Gasteiger partial charge on any atom is 0.397 e. The number of phenols is 1. The molecule has 0 radical (unpaired) electrons. The van der Waals surface area contributed by atoms with Gasteiger partial charge < -0.3 is 19.9 Å². The quantitative estimate of drug-likeness (QED) is 0.500. The molecule has 0 atom stereocenters. The number of rotatable bonds is 6. The van der Waals surface area contributed by atoms with Crippen molar-refractivity contribution in [1.82, 2.24) is 4.31 Å². The minimum atomic E-state index is -3.83. The minimum Gasteiger partial charge on any atom is -0.507 e. The normalized spacial score (nSPS) is 14.2. The second-order valence-electron chi connectivity index (χ2n) is 7.46. The fraction of sp³-hybridized carbons (Fsp3) is 0.364. The summed E-state index contributed by atoms with van der Waals surface area (Å²) in [4.78, 5) is 23.2. The third-order valence-corrected chi connectivity index (χ3v) is 6.94. The van der Waals surface area contributed by atoms with E-state index in [-0.39, 0.29) is 23.0 Å². The van der Waals surface area contributed by atoms with Gasteiger partial charge in [0.2, 0.25) is 10.0 Å². The van der Waals surface area contributed by atoms with Gasteiger partial charge in [0.05, 0.1) is 6.61 Å². The standard InChI is InChI=1S/C22H26N2O7S/c1-4-30-22(27)21(26)23-16-11-14(2)20(15(3)12-16)31-17-7-8-18(25)19(13-17)32(28,29)24-9-5-6-10-24/h7-8,11-13,25H,4-6,9-10H2,1-3H3,(H,23,26). The van der Waals surface area contributed by atoms with Crippen molar-refractivity contribution < 1.29 is 32.6 Å². The maximum absolute atomic E-state index is 12.9. The highest BCUT2D eigenvalue weighted by Crippen LogP contribution is 2.36. The number of benzene rings is 2. The highest BCUT2D eigenvalue weighted by molar-refractivity contribution is 7.89. The minimum absolute atomic E-state index is 0.0964. The van der Waals surface area contributed by atoms with Gasteiger partial charge in [-0.2, -0.15) is 4.31 Å². The molecule has 3 rings (SSSR count). The lowest BCUT2D eigenvalue weighted by molar-refractivity contribution is -0.152. The number of anilines is 1. The highest BCUT2D eigenvalue weighted by Gasteiger charge is 2.30. The monoisotopic (exact) mass is 462 g/mol. The average molecular weight is 463 g/mol. The number of aryl methyl sites for hydroxylation is 2.